The first kappa shape index (κ1) is 17.2. The fraction of sp³-hybridized carbons (Fsp3) is 0.368. The average Bonchev–Trinajstić information content (AvgIpc) is 3.08. The molecule has 0 amide bonds. The topological polar surface area (TPSA) is 56.8 Å². The van der Waals surface area contributed by atoms with Gasteiger partial charge in [0.05, 0.1) is 24.0 Å². The lowest BCUT2D eigenvalue weighted by Crippen LogP contribution is -2.32. The first-order chi connectivity index (χ1) is 12.0. The minimum atomic E-state index is 0.0285. The number of hydrogen-bond donors (Lipinski definition) is 1. The third kappa shape index (κ3) is 3.58. The summed E-state index contributed by atoms with van der Waals surface area (Å²) in [6, 6.07) is 9.93. The maximum atomic E-state index is 12.9. The van der Waals surface area contributed by atoms with Gasteiger partial charge in [0.15, 0.2) is 0 Å². The molecule has 0 spiro atoms. The van der Waals surface area contributed by atoms with Gasteiger partial charge in [-0.05, 0) is 38.5 Å². The Morgan fingerprint density at radius 2 is 1.92 bits per heavy atom. The van der Waals surface area contributed by atoms with Crippen molar-refractivity contribution in [2.24, 2.45) is 7.05 Å². The Bertz CT molecular complexity index is 904. The van der Waals surface area contributed by atoms with Crippen molar-refractivity contribution in [3.63, 3.8) is 0 Å². The van der Waals surface area contributed by atoms with E-state index in [-0.39, 0.29) is 11.6 Å². The van der Waals surface area contributed by atoms with Crippen LogP contribution in [-0.4, -0.2) is 25.2 Å². The van der Waals surface area contributed by atoms with E-state index in [4.69, 9.17) is 0 Å². The minimum Gasteiger partial charge on any atom is -0.308 e. The number of rotatable bonds is 6. The Morgan fingerprint density at radius 1 is 1.20 bits per heavy atom. The molecule has 3 aromatic rings. The zero-order valence-corrected chi connectivity index (χ0v) is 15.2. The van der Waals surface area contributed by atoms with Gasteiger partial charge in [-0.2, -0.15) is 5.10 Å². The van der Waals surface area contributed by atoms with Gasteiger partial charge < -0.3 is 5.32 Å². The molecule has 0 fully saturated rings. The third-order valence-corrected chi connectivity index (χ3v) is 4.52. The van der Waals surface area contributed by atoms with Crippen LogP contribution in [0.4, 0.5) is 0 Å². The SMILES string of the molecule is Cc1cnn(C[C@H](C)NCc2c(C)n(C)n(-c3ccccc3)c2=O)c1. The van der Waals surface area contributed by atoms with E-state index in [0.717, 1.165) is 29.1 Å². The van der Waals surface area contributed by atoms with Crippen molar-refractivity contribution in [2.75, 3.05) is 0 Å². The lowest BCUT2D eigenvalue weighted by Gasteiger charge is -2.13. The molecule has 2 heterocycles. The molecule has 1 atom stereocenters. The Balaban J connectivity index is 1.76. The van der Waals surface area contributed by atoms with Crippen LogP contribution in [0.5, 0.6) is 0 Å². The highest BCUT2D eigenvalue weighted by molar-refractivity contribution is 5.33. The largest absolute Gasteiger partial charge is 0.308 e. The monoisotopic (exact) mass is 339 g/mol. The molecule has 3 rings (SSSR count). The highest BCUT2D eigenvalue weighted by atomic mass is 16.1. The molecule has 0 bridgehead atoms. The summed E-state index contributed by atoms with van der Waals surface area (Å²) in [5.41, 5.74) is 3.83. The summed E-state index contributed by atoms with van der Waals surface area (Å²) in [5.74, 6) is 0. The summed E-state index contributed by atoms with van der Waals surface area (Å²) in [4.78, 5) is 12.9. The first-order valence-corrected chi connectivity index (χ1v) is 8.52. The van der Waals surface area contributed by atoms with Crippen molar-refractivity contribution in [3.05, 3.63) is 69.9 Å². The van der Waals surface area contributed by atoms with Crippen LogP contribution in [0.15, 0.2) is 47.5 Å². The van der Waals surface area contributed by atoms with Gasteiger partial charge in [-0.1, -0.05) is 18.2 Å². The van der Waals surface area contributed by atoms with E-state index >= 15 is 0 Å². The standard InChI is InChI=1S/C19H25N5O/c1-14-10-21-23(12-14)13-15(2)20-11-18-16(3)22(4)24(19(18)25)17-8-6-5-7-9-17/h5-10,12,15,20H,11,13H2,1-4H3/t15-/m0/s1. The van der Waals surface area contributed by atoms with E-state index < -0.39 is 0 Å². The molecule has 0 saturated carbocycles. The third-order valence-electron chi connectivity index (χ3n) is 4.52. The highest BCUT2D eigenvalue weighted by Gasteiger charge is 2.16. The normalized spacial score (nSPS) is 12.5. The lowest BCUT2D eigenvalue weighted by atomic mass is 10.2. The van der Waals surface area contributed by atoms with E-state index in [0.29, 0.717) is 6.54 Å². The lowest BCUT2D eigenvalue weighted by molar-refractivity contribution is 0.449. The molecule has 0 aliphatic carbocycles. The predicted octanol–water partition coefficient (Wildman–Crippen LogP) is 2.17. The van der Waals surface area contributed by atoms with E-state index in [1.807, 2.05) is 73.0 Å². The van der Waals surface area contributed by atoms with Crippen molar-refractivity contribution < 1.29 is 0 Å². The second-order valence-electron chi connectivity index (χ2n) is 6.56. The molecule has 0 saturated heterocycles. The molecule has 0 unspecified atom stereocenters. The van der Waals surface area contributed by atoms with Gasteiger partial charge in [0.1, 0.15) is 0 Å². The maximum absolute atomic E-state index is 12.9. The van der Waals surface area contributed by atoms with Gasteiger partial charge in [0.2, 0.25) is 0 Å². The van der Waals surface area contributed by atoms with E-state index in [2.05, 4.69) is 17.3 Å². The summed E-state index contributed by atoms with van der Waals surface area (Å²) in [6.07, 6.45) is 3.88. The van der Waals surface area contributed by atoms with Gasteiger partial charge >= 0.3 is 0 Å². The second-order valence-corrected chi connectivity index (χ2v) is 6.56. The molecule has 1 N–H and O–H groups in total. The second kappa shape index (κ2) is 7.11. The minimum absolute atomic E-state index is 0.0285. The summed E-state index contributed by atoms with van der Waals surface area (Å²) < 4.78 is 5.55. The maximum Gasteiger partial charge on any atom is 0.276 e. The van der Waals surface area contributed by atoms with Crippen molar-refractivity contribution in [1.29, 1.82) is 0 Å². The van der Waals surface area contributed by atoms with Crippen molar-refractivity contribution >= 4 is 0 Å². The Labute approximate surface area is 147 Å². The summed E-state index contributed by atoms with van der Waals surface area (Å²) in [5, 5.41) is 7.75. The number of aryl methyl sites for hydroxylation is 1. The predicted molar refractivity (Wildman–Crippen MR) is 99.0 cm³/mol. The summed E-state index contributed by atoms with van der Waals surface area (Å²) in [7, 11) is 1.92. The molecule has 0 radical (unpaired) electrons. The number of nitrogens with zero attached hydrogens (tertiary/aromatic N) is 4. The van der Waals surface area contributed by atoms with Crippen molar-refractivity contribution in [1.82, 2.24) is 24.5 Å². The Hall–Kier alpha value is -2.60. The van der Waals surface area contributed by atoms with E-state index in [1.165, 1.54) is 0 Å². The van der Waals surface area contributed by atoms with Crippen molar-refractivity contribution in [3.8, 4) is 5.69 Å². The van der Waals surface area contributed by atoms with Crippen LogP contribution in [-0.2, 0) is 20.1 Å². The van der Waals surface area contributed by atoms with Crippen LogP contribution < -0.4 is 10.9 Å². The van der Waals surface area contributed by atoms with Gasteiger partial charge in [-0.15, -0.1) is 0 Å². The van der Waals surface area contributed by atoms with Crippen LogP contribution in [0.1, 0.15) is 23.7 Å². The zero-order valence-electron chi connectivity index (χ0n) is 15.2. The first-order valence-electron chi connectivity index (χ1n) is 8.52. The van der Waals surface area contributed by atoms with Crippen LogP contribution in [0.25, 0.3) is 5.69 Å². The summed E-state index contributed by atoms with van der Waals surface area (Å²) in [6.45, 7) is 7.43. The van der Waals surface area contributed by atoms with Crippen LogP contribution in [0, 0.1) is 13.8 Å². The summed E-state index contributed by atoms with van der Waals surface area (Å²) >= 11 is 0. The molecule has 1 aromatic carbocycles. The van der Waals surface area contributed by atoms with E-state index in [9.17, 15) is 4.79 Å². The number of aromatic nitrogens is 4. The number of nitrogens with one attached hydrogen (secondary N) is 1. The molecule has 0 aliphatic heterocycles. The fourth-order valence-electron chi connectivity index (χ4n) is 3.02. The molecular formula is C19H25N5O. The smallest absolute Gasteiger partial charge is 0.276 e. The van der Waals surface area contributed by atoms with Crippen molar-refractivity contribution in [2.45, 2.75) is 39.9 Å². The number of hydrogen-bond acceptors (Lipinski definition) is 3. The van der Waals surface area contributed by atoms with Gasteiger partial charge in [-0.3, -0.25) is 14.2 Å². The molecule has 25 heavy (non-hydrogen) atoms. The molecule has 6 nitrogen and oxygen atoms in total. The van der Waals surface area contributed by atoms with Crippen LogP contribution in [0.2, 0.25) is 0 Å². The molecule has 132 valence electrons. The Kier molecular flexibility index (Phi) is 4.90. The zero-order chi connectivity index (χ0) is 18.0. The van der Waals surface area contributed by atoms with Gasteiger partial charge in [-0.25, -0.2) is 4.68 Å². The van der Waals surface area contributed by atoms with E-state index in [1.54, 1.807) is 4.68 Å². The Morgan fingerprint density at radius 3 is 2.56 bits per heavy atom. The molecule has 0 aliphatic rings. The number of benzene rings is 1. The highest BCUT2D eigenvalue weighted by Crippen LogP contribution is 2.10. The number of para-hydroxylation sites is 1. The average molecular weight is 339 g/mol. The molecule has 6 heteroatoms. The van der Waals surface area contributed by atoms with Crippen LogP contribution >= 0.6 is 0 Å². The van der Waals surface area contributed by atoms with Gasteiger partial charge in [0.25, 0.3) is 5.56 Å². The molecule has 2 aromatic heterocycles. The van der Waals surface area contributed by atoms with Gasteiger partial charge in [0, 0.05) is 31.5 Å². The van der Waals surface area contributed by atoms with Crippen LogP contribution in [0.3, 0.4) is 0 Å². The molecular weight excluding hydrogens is 314 g/mol. The fourth-order valence-corrected chi connectivity index (χ4v) is 3.02. The quantitative estimate of drug-likeness (QED) is 0.749.